The zero-order chi connectivity index (χ0) is 28.4. The number of piperidine rings is 1. The Morgan fingerprint density at radius 2 is 1.92 bits per heavy atom. The molecule has 10 nitrogen and oxygen atoms in total. The minimum Gasteiger partial charge on any atom is -0.368 e. The van der Waals surface area contributed by atoms with Gasteiger partial charge in [0.1, 0.15) is 23.6 Å². The number of halogens is 3. The molecule has 0 bridgehead atoms. The monoisotopic (exact) mass is 558 g/mol. The third-order valence-electron chi connectivity index (χ3n) is 6.43. The fourth-order valence-electron chi connectivity index (χ4n) is 4.51. The van der Waals surface area contributed by atoms with Crippen molar-refractivity contribution in [2.75, 3.05) is 10.8 Å². The Morgan fingerprint density at radius 1 is 1.24 bits per heavy atom. The van der Waals surface area contributed by atoms with Gasteiger partial charge in [-0.2, -0.15) is 17.8 Å². The first-order chi connectivity index (χ1) is 17.7. The van der Waals surface area contributed by atoms with E-state index in [1.807, 2.05) is 0 Å². The first-order valence-corrected chi connectivity index (χ1v) is 13.6. The quantitative estimate of drug-likeness (QED) is 0.462. The Bertz CT molecular complexity index is 1300. The summed E-state index contributed by atoms with van der Waals surface area (Å²) in [5.74, 6) is -6.24. The lowest BCUT2D eigenvalue weighted by Gasteiger charge is -2.40. The van der Waals surface area contributed by atoms with E-state index in [0.29, 0.717) is 28.8 Å². The highest BCUT2D eigenvalue weighted by Gasteiger charge is 2.46. The van der Waals surface area contributed by atoms with E-state index < -0.39 is 62.8 Å². The molecule has 0 spiro atoms. The SMILES string of the molecule is Cc1c(F)cc(F)c(N([C@@H](CC(C)C)C(=O)NCc2cnn(C)c2)S(=O)(=O)N2CCCC[C@H]2C(N)=O)c1F. The van der Waals surface area contributed by atoms with Gasteiger partial charge in [-0.15, -0.1) is 0 Å². The van der Waals surface area contributed by atoms with E-state index in [-0.39, 0.29) is 31.8 Å². The van der Waals surface area contributed by atoms with Crippen LogP contribution in [0.5, 0.6) is 0 Å². The van der Waals surface area contributed by atoms with Gasteiger partial charge in [0.15, 0.2) is 11.6 Å². The van der Waals surface area contributed by atoms with Crippen LogP contribution in [0.3, 0.4) is 0 Å². The fraction of sp³-hybridized carbons (Fsp3) is 0.542. The van der Waals surface area contributed by atoms with Crippen molar-refractivity contribution in [3.63, 3.8) is 0 Å². The first-order valence-electron chi connectivity index (χ1n) is 12.3. The van der Waals surface area contributed by atoms with Gasteiger partial charge < -0.3 is 11.1 Å². The van der Waals surface area contributed by atoms with Gasteiger partial charge in [0.25, 0.3) is 0 Å². The topological polar surface area (TPSA) is 131 Å². The van der Waals surface area contributed by atoms with Crippen LogP contribution in [0.4, 0.5) is 18.9 Å². The molecule has 3 rings (SSSR count). The summed E-state index contributed by atoms with van der Waals surface area (Å²) in [7, 11) is -3.25. The second-order valence-electron chi connectivity index (χ2n) is 9.84. The van der Waals surface area contributed by atoms with Crippen molar-refractivity contribution in [2.45, 2.75) is 65.1 Å². The summed E-state index contributed by atoms with van der Waals surface area (Å²) in [5, 5.41) is 6.63. The van der Waals surface area contributed by atoms with Crippen molar-refractivity contribution < 1.29 is 31.2 Å². The molecule has 3 N–H and O–H groups in total. The van der Waals surface area contributed by atoms with Crippen molar-refractivity contribution >= 4 is 27.7 Å². The third-order valence-corrected chi connectivity index (χ3v) is 8.39. The average Bonchev–Trinajstić information content (AvgIpc) is 3.27. The van der Waals surface area contributed by atoms with Crippen LogP contribution in [0, 0.1) is 30.3 Å². The number of benzene rings is 1. The molecule has 210 valence electrons. The van der Waals surface area contributed by atoms with Crippen LogP contribution in [0.1, 0.15) is 50.7 Å². The molecule has 1 fully saturated rings. The lowest BCUT2D eigenvalue weighted by atomic mass is 10.0. The lowest BCUT2D eigenvalue weighted by Crippen LogP contribution is -2.60. The molecule has 1 saturated heterocycles. The summed E-state index contributed by atoms with van der Waals surface area (Å²) < 4.78 is 75.8. The number of nitrogens with one attached hydrogen (secondary N) is 1. The summed E-state index contributed by atoms with van der Waals surface area (Å²) in [6.45, 7) is 4.27. The number of nitrogens with two attached hydrogens (primary N) is 1. The second kappa shape index (κ2) is 11.7. The van der Waals surface area contributed by atoms with Crippen molar-refractivity contribution in [1.82, 2.24) is 19.4 Å². The molecule has 1 aliphatic rings. The van der Waals surface area contributed by atoms with Crippen LogP contribution in [-0.2, 0) is 33.4 Å². The molecule has 0 radical (unpaired) electrons. The standard InChI is InChI=1S/C24H33F3N6O4S/c1-14(2)9-20(24(35)29-11-16-12-30-31(4)13-16)33(22-18(26)10-17(25)15(3)21(22)27)38(36,37)32-8-6-5-7-19(32)23(28)34/h10,12-14,19-20H,5-9,11H2,1-4H3,(H2,28,34)(H,29,35)/t19-,20-/m0/s1. The van der Waals surface area contributed by atoms with E-state index in [1.165, 1.54) is 10.9 Å². The second-order valence-corrected chi connectivity index (χ2v) is 11.6. The minimum absolute atomic E-state index is 0.0316. The Labute approximate surface area is 220 Å². The number of carbonyl (C=O) groups excluding carboxylic acids is 2. The molecule has 1 aliphatic heterocycles. The predicted molar refractivity (Wildman–Crippen MR) is 134 cm³/mol. The van der Waals surface area contributed by atoms with Gasteiger partial charge >= 0.3 is 10.2 Å². The summed E-state index contributed by atoms with van der Waals surface area (Å²) in [4.78, 5) is 25.7. The Kier molecular flexibility index (Phi) is 9.08. The number of primary amides is 1. The highest BCUT2D eigenvalue weighted by Crippen LogP contribution is 2.36. The van der Waals surface area contributed by atoms with Crippen LogP contribution in [0.2, 0.25) is 0 Å². The van der Waals surface area contributed by atoms with E-state index in [2.05, 4.69) is 10.4 Å². The van der Waals surface area contributed by atoms with E-state index in [0.717, 1.165) is 11.2 Å². The minimum atomic E-state index is -4.93. The fourth-order valence-corrected chi connectivity index (χ4v) is 6.53. The van der Waals surface area contributed by atoms with Crippen molar-refractivity contribution in [3.8, 4) is 0 Å². The number of aromatic nitrogens is 2. The van der Waals surface area contributed by atoms with Crippen LogP contribution >= 0.6 is 0 Å². The van der Waals surface area contributed by atoms with Crippen LogP contribution in [0.25, 0.3) is 0 Å². The molecule has 0 saturated carbocycles. The molecule has 2 heterocycles. The highest BCUT2D eigenvalue weighted by atomic mass is 32.2. The van der Waals surface area contributed by atoms with Crippen LogP contribution in [0.15, 0.2) is 18.5 Å². The molecular weight excluding hydrogens is 525 g/mol. The summed E-state index contributed by atoms with van der Waals surface area (Å²) in [6, 6.07) is -2.54. The molecular formula is C24H33F3N6O4S. The maximum absolute atomic E-state index is 15.5. The molecule has 2 aromatic rings. The average molecular weight is 559 g/mol. The van der Waals surface area contributed by atoms with Gasteiger partial charge in [0, 0.05) is 43.5 Å². The zero-order valence-electron chi connectivity index (χ0n) is 21.7. The van der Waals surface area contributed by atoms with E-state index >= 15 is 8.78 Å². The smallest absolute Gasteiger partial charge is 0.305 e. The normalized spacial score (nSPS) is 17.4. The number of hydrogen-bond donors (Lipinski definition) is 2. The van der Waals surface area contributed by atoms with Gasteiger partial charge in [-0.05, 0) is 32.1 Å². The largest absolute Gasteiger partial charge is 0.368 e. The molecule has 0 unspecified atom stereocenters. The molecule has 14 heteroatoms. The van der Waals surface area contributed by atoms with Gasteiger partial charge in [-0.3, -0.25) is 14.3 Å². The number of rotatable bonds is 10. The predicted octanol–water partition coefficient (Wildman–Crippen LogP) is 2.27. The van der Waals surface area contributed by atoms with E-state index in [9.17, 15) is 22.4 Å². The number of carbonyl (C=O) groups is 2. The summed E-state index contributed by atoms with van der Waals surface area (Å²) in [5.41, 5.74) is 4.37. The lowest BCUT2D eigenvalue weighted by molar-refractivity contribution is -0.123. The number of aryl methyl sites for hydroxylation is 1. The maximum Gasteiger partial charge on any atom is 0.305 e. The van der Waals surface area contributed by atoms with E-state index in [1.54, 1.807) is 27.1 Å². The Balaban J connectivity index is 2.19. The van der Waals surface area contributed by atoms with Crippen molar-refractivity contribution in [2.24, 2.45) is 18.7 Å². The van der Waals surface area contributed by atoms with Crippen molar-refractivity contribution in [1.29, 1.82) is 0 Å². The number of nitrogens with zero attached hydrogens (tertiary/aromatic N) is 4. The number of anilines is 1. The molecule has 0 aliphatic carbocycles. The summed E-state index contributed by atoms with van der Waals surface area (Å²) >= 11 is 0. The number of amides is 2. The van der Waals surface area contributed by atoms with Gasteiger partial charge in [0.05, 0.1) is 6.20 Å². The highest BCUT2D eigenvalue weighted by molar-refractivity contribution is 7.90. The molecule has 2 atom stereocenters. The molecule has 38 heavy (non-hydrogen) atoms. The van der Waals surface area contributed by atoms with Crippen molar-refractivity contribution in [3.05, 3.63) is 47.0 Å². The Morgan fingerprint density at radius 3 is 2.50 bits per heavy atom. The summed E-state index contributed by atoms with van der Waals surface area (Å²) in [6.07, 6.45) is 3.99. The van der Waals surface area contributed by atoms with Crippen LogP contribution in [-0.4, -0.2) is 52.9 Å². The van der Waals surface area contributed by atoms with Gasteiger partial charge in [-0.25, -0.2) is 17.5 Å². The Hall–Kier alpha value is -3.13. The van der Waals surface area contributed by atoms with Crippen LogP contribution < -0.4 is 15.4 Å². The zero-order valence-corrected chi connectivity index (χ0v) is 22.6. The molecule has 1 aromatic heterocycles. The first kappa shape index (κ1) is 29.4. The van der Waals surface area contributed by atoms with Gasteiger partial charge in [0.2, 0.25) is 11.8 Å². The maximum atomic E-state index is 15.5. The third kappa shape index (κ3) is 6.12. The van der Waals surface area contributed by atoms with E-state index in [4.69, 9.17) is 5.73 Å². The number of hydrogen-bond acceptors (Lipinski definition) is 5. The molecule has 1 aromatic carbocycles. The molecule has 2 amide bonds. The van der Waals surface area contributed by atoms with Gasteiger partial charge in [-0.1, -0.05) is 20.3 Å².